The Morgan fingerprint density at radius 1 is 1.27 bits per heavy atom. The Bertz CT molecular complexity index is 753. The summed E-state index contributed by atoms with van der Waals surface area (Å²) in [5, 5.41) is 7.89. The van der Waals surface area contributed by atoms with E-state index in [1.807, 2.05) is 18.2 Å². The van der Waals surface area contributed by atoms with Gasteiger partial charge in [0, 0.05) is 19.1 Å². The number of nitrogens with zero attached hydrogens (tertiary/aromatic N) is 1. The summed E-state index contributed by atoms with van der Waals surface area (Å²) in [6, 6.07) is 10.7. The van der Waals surface area contributed by atoms with E-state index in [4.69, 9.17) is 4.74 Å². The molecule has 1 aliphatic heterocycles. The first kappa shape index (κ1) is 17.7. The molecule has 1 unspecified atom stereocenters. The average Bonchev–Trinajstić information content (AvgIpc) is 3.11. The Labute approximate surface area is 159 Å². The number of carbonyl (C=O) groups excluding carboxylic acids is 1. The van der Waals surface area contributed by atoms with Crippen molar-refractivity contribution < 1.29 is 9.53 Å². The fourth-order valence-electron chi connectivity index (χ4n) is 4.35. The molecule has 138 valence electrons. The lowest BCUT2D eigenvalue weighted by Crippen LogP contribution is -2.35. The van der Waals surface area contributed by atoms with Crippen LogP contribution in [0.4, 0.5) is 0 Å². The second-order valence-electron chi connectivity index (χ2n) is 7.56. The summed E-state index contributed by atoms with van der Waals surface area (Å²) in [5.74, 6) is -0.266. The largest absolute Gasteiger partial charge is 0.465 e. The van der Waals surface area contributed by atoms with Crippen molar-refractivity contribution in [3.8, 4) is 0 Å². The van der Waals surface area contributed by atoms with Crippen LogP contribution in [0.3, 0.4) is 0 Å². The van der Waals surface area contributed by atoms with Crippen LogP contribution in [0.25, 0.3) is 0 Å². The molecule has 1 atom stereocenters. The van der Waals surface area contributed by atoms with Crippen molar-refractivity contribution in [3.05, 3.63) is 57.8 Å². The van der Waals surface area contributed by atoms with Crippen LogP contribution in [0.15, 0.2) is 41.1 Å². The first-order chi connectivity index (χ1) is 12.7. The van der Waals surface area contributed by atoms with Crippen molar-refractivity contribution in [1.29, 1.82) is 0 Å². The Hall–Kier alpha value is -1.69. The van der Waals surface area contributed by atoms with E-state index in [1.165, 1.54) is 37.5 Å². The number of hydrogen-bond acceptors (Lipinski definition) is 5. The molecule has 2 aromatic rings. The van der Waals surface area contributed by atoms with Crippen molar-refractivity contribution in [1.82, 2.24) is 10.2 Å². The van der Waals surface area contributed by atoms with Crippen molar-refractivity contribution in [2.24, 2.45) is 5.41 Å². The van der Waals surface area contributed by atoms with Gasteiger partial charge in [-0.05, 0) is 77.9 Å². The van der Waals surface area contributed by atoms with Crippen LogP contribution in [0.1, 0.15) is 40.7 Å². The number of thiophene rings is 1. The van der Waals surface area contributed by atoms with Gasteiger partial charge in [-0.15, -0.1) is 0 Å². The number of piperidine rings is 1. The molecule has 2 fully saturated rings. The maximum atomic E-state index is 11.9. The minimum Gasteiger partial charge on any atom is -0.465 e. The zero-order chi connectivity index (χ0) is 18.0. The smallest absolute Gasteiger partial charge is 0.337 e. The topological polar surface area (TPSA) is 41.6 Å². The number of hydrogen-bond donors (Lipinski definition) is 1. The van der Waals surface area contributed by atoms with E-state index in [2.05, 4.69) is 33.1 Å². The third-order valence-corrected chi connectivity index (χ3v) is 6.62. The maximum absolute atomic E-state index is 11.9. The van der Waals surface area contributed by atoms with Crippen LogP contribution >= 0.6 is 11.3 Å². The van der Waals surface area contributed by atoms with E-state index >= 15 is 0 Å². The highest BCUT2D eigenvalue weighted by Gasteiger charge is 2.56. The summed E-state index contributed by atoms with van der Waals surface area (Å²) in [7, 11) is 1.43. The molecule has 1 aromatic heterocycles. The van der Waals surface area contributed by atoms with Gasteiger partial charge in [0.25, 0.3) is 0 Å². The van der Waals surface area contributed by atoms with E-state index in [9.17, 15) is 4.79 Å². The maximum Gasteiger partial charge on any atom is 0.337 e. The van der Waals surface area contributed by atoms with E-state index in [1.54, 1.807) is 11.3 Å². The molecule has 1 aromatic carbocycles. The van der Waals surface area contributed by atoms with E-state index in [0.29, 0.717) is 17.0 Å². The minimum atomic E-state index is -0.266. The number of nitrogens with one attached hydrogen (secondary N) is 1. The lowest BCUT2D eigenvalue weighted by Gasteiger charge is -2.29. The summed E-state index contributed by atoms with van der Waals surface area (Å²) in [5.41, 5.74) is 3.70. The molecule has 1 aliphatic carbocycles. The molecule has 0 amide bonds. The molecular formula is C21H26N2O2S. The molecule has 2 heterocycles. The van der Waals surface area contributed by atoms with E-state index in [-0.39, 0.29) is 5.97 Å². The van der Waals surface area contributed by atoms with E-state index in [0.717, 1.165) is 26.2 Å². The Balaban J connectivity index is 1.53. The van der Waals surface area contributed by atoms with Crippen LogP contribution < -0.4 is 5.32 Å². The summed E-state index contributed by atoms with van der Waals surface area (Å²) < 4.78 is 4.87. The summed E-state index contributed by atoms with van der Waals surface area (Å²) >= 11 is 1.76. The Kier molecular flexibility index (Phi) is 5.11. The van der Waals surface area contributed by atoms with E-state index < -0.39 is 0 Å². The normalized spacial score (nSPS) is 21.1. The molecule has 1 spiro atoms. The van der Waals surface area contributed by atoms with Gasteiger partial charge in [-0.2, -0.15) is 11.3 Å². The summed E-state index contributed by atoms with van der Waals surface area (Å²) in [6.07, 6.45) is 3.86. The first-order valence-corrected chi connectivity index (χ1v) is 10.3. The number of carbonyl (C=O) groups is 1. The lowest BCUT2D eigenvalue weighted by atomic mass is 9.93. The molecule has 26 heavy (non-hydrogen) atoms. The molecule has 4 nitrogen and oxygen atoms in total. The zero-order valence-corrected chi connectivity index (χ0v) is 16.1. The molecule has 2 aliphatic rings. The van der Waals surface area contributed by atoms with Gasteiger partial charge in [0.2, 0.25) is 0 Å². The van der Waals surface area contributed by atoms with Crippen molar-refractivity contribution >= 4 is 17.3 Å². The lowest BCUT2D eigenvalue weighted by molar-refractivity contribution is 0.0600. The second kappa shape index (κ2) is 7.51. The highest BCUT2D eigenvalue weighted by atomic mass is 32.1. The van der Waals surface area contributed by atoms with Gasteiger partial charge in [-0.25, -0.2) is 4.79 Å². The number of esters is 1. The van der Waals surface area contributed by atoms with Gasteiger partial charge in [-0.3, -0.25) is 4.90 Å². The predicted octanol–water partition coefficient (Wildman–Crippen LogP) is 3.68. The van der Waals surface area contributed by atoms with Crippen molar-refractivity contribution in [3.63, 3.8) is 0 Å². The fraction of sp³-hybridized carbons (Fsp3) is 0.476. The van der Waals surface area contributed by atoms with Gasteiger partial charge >= 0.3 is 5.97 Å². The zero-order valence-electron chi connectivity index (χ0n) is 15.2. The van der Waals surface area contributed by atoms with Crippen molar-refractivity contribution in [2.45, 2.75) is 38.4 Å². The highest BCUT2D eigenvalue weighted by Crippen LogP contribution is 2.56. The Morgan fingerprint density at radius 3 is 2.81 bits per heavy atom. The molecule has 0 bridgehead atoms. The Morgan fingerprint density at radius 2 is 2.08 bits per heavy atom. The highest BCUT2D eigenvalue weighted by molar-refractivity contribution is 7.07. The third kappa shape index (κ3) is 3.70. The molecule has 4 rings (SSSR count). The van der Waals surface area contributed by atoms with Crippen LogP contribution in [0.2, 0.25) is 0 Å². The monoisotopic (exact) mass is 370 g/mol. The minimum absolute atomic E-state index is 0.266. The standard InChI is InChI=1S/C21H26N2O2S/c1-25-20(24)18-4-2-3-16(11-18)13-23(14-17-5-10-26-15-17)19-12-21(19)6-8-22-9-7-21/h2-5,10-11,15,19,22H,6-9,12-14H2,1H3. The number of benzene rings is 1. The van der Waals surface area contributed by atoms with Crippen LogP contribution in [0.5, 0.6) is 0 Å². The first-order valence-electron chi connectivity index (χ1n) is 9.33. The van der Waals surface area contributed by atoms with Gasteiger partial charge in [-0.1, -0.05) is 12.1 Å². The summed E-state index contributed by atoms with van der Waals surface area (Å²) in [6.45, 7) is 4.13. The quantitative estimate of drug-likeness (QED) is 0.788. The molecule has 1 saturated heterocycles. The fourth-order valence-corrected chi connectivity index (χ4v) is 5.01. The van der Waals surface area contributed by atoms with Crippen LogP contribution in [0, 0.1) is 5.41 Å². The molecule has 0 radical (unpaired) electrons. The number of methoxy groups -OCH3 is 1. The predicted molar refractivity (Wildman–Crippen MR) is 104 cm³/mol. The number of rotatable bonds is 6. The summed E-state index contributed by atoms with van der Waals surface area (Å²) in [4.78, 5) is 14.5. The number of ether oxygens (including phenoxy) is 1. The van der Waals surface area contributed by atoms with Crippen LogP contribution in [-0.2, 0) is 17.8 Å². The van der Waals surface area contributed by atoms with Gasteiger partial charge in [0.05, 0.1) is 12.7 Å². The second-order valence-corrected chi connectivity index (χ2v) is 8.34. The molecule has 1 saturated carbocycles. The van der Waals surface area contributed by atoms with Crippen molar-refractivity contribution in [2.75, 3.05) is 20.2 Å². The molecule has 1 N–H and O–H groups in total. The third-order valence-electron chi connectivity index (χ3n) is 5.89. The SMILES string of the molecule is COC(=O)c1cccc(CN(Cc2ccsc2)C2CC23CCNCC3)c1. The van der Waals surface area contributed by atoms with Gasteiger partial charge < -0.3 is 10.1 Å². The van der Waals surface area contributed by atoms with Crippen LogP contribution in [-0.4, -0.2) is 37.1 Å². The molecule has 5 heteroatoms. The molecular weight excluding hydrogens is 344 g/mol. The average molecular weight is 371 g/mol. The van der Waals surface area contributed by atoms with Gasteiger partial charge in [0.1, 0.15) is 0 Å². The van der Waals surface area contributed by atoms with Gasteiger partial charge in [0.15, 0.2) is 0 Å².